The van der Waals surface area contributed by atoms with Gasteiger partial charge in [-0.05, 0) is 50.5 Å². The zero-order chi connectivity index (χ0) is 20.6. The Kier molecular flexibility index (Phi) is 10.9. The van der Waals surface area contributed by atoms with Crippen molar-refractivity contribution >= 4 is 50.9 Å². The van der Waals surface area contributed by atoms with Crippen molar-refractivity contribution in [2.24, 2.45) is 4.99 Å². The number of nitrogens with zero attached hydrogens (tertiary/aromatic N) is 2. The number of fused-ring (bicyclic) bond motifs is 1. The van der Waals surface area contributed by atoms with Gasteiger partial charge < -0.3 is 15.6 Å². The van der Waals surface area contributed by atoms with Crippen molar-refractivity contribution in [3.05, 3.63) is 35.8 Å². The summed E-state index contributed by atoms with van der Waals surface area (Å²) in [6.07, 6.45) is 3.33. The average Bonchev–Trinajstić information content (AvgIpc) is 3.06. The number of hydrogen-bond donors (Lipinski definition) is 3. The van der Waals surface area contributed by atoms with E-state index in [9.17, 15) is 12.8 Å². The van der Waals surface area contributed by atoms with E-state index in [0.29, 0.717) is 32.0 Å². The summed E-state index contributed by atoms with van der Waals surface area (Å²) in [6, 6.07) is 4.75. The predicted octanol–water partition coefficient (Wildman–Crippen LogP) is 2.69. The average molecular weight is 539 g/mol. The van der Waals surface area contributed by atoms with Crippen LogP contribution in [0.4, 0.5) is 4.39 Å². The Morgan fingerprint density at radius 3 is 2.72 bits per heavy atom. The zero-order valence-corrected chi connectivity index (χ0v) is 20.3. The molecule has 0 radical (unpaired) electrons. The van der Waals surface area contributed by atoms with Crippen LogP contribution in [-0.2, 0) is 16.4 Å². The highest BCUT2D eigenvalue weighted by atomic mass is 127. The molecule has 0 saturated heterocycles. The summed E-state index contributed by atoms with van der Waals surface area (Å²) >= 11 is 0. The summed E-state index contributed by atoms with van der Waals surface area (Å²) in [4.78, 5) is 7.60. The smallest absolute Gasteiger partial charge is 0.213 e. The molecule has 2 aromatic rings. The molecular weight excluding hydrogens is 508 g/mol. The van der Waals surface area contributed by atoms with Gasteiger partial charge in [0.25, 0.3) is 0 Å². The summed E-state index contributed by atoms with van der Waals surface area (Å²) in [5.41, 5.74) is 1.91. The Morgan fingerprint density at radius 1 is 1.28 bits per heavy atom. The van der Waals surface area contributed by atoms with Crippen molar-refractivity contribution in [1.29, 1.82) is 0 Å². The van der Waals surface area contributed by atoms with Crippen molar-refractivity contribution in [3.63, 3.8) is 0 Å². The van der Waals surface area contributed by atoms with Crippen molar-refractivity contribution in [2.45, 2.75) is 26.7 Å². The lowest BCUT2D eigenvalue weighted by Gasteiger charge is -2.15. The standard InChI is InChI=1S/C19H30FN5O2S.HI/c1-4-21-19(22-10-6-12-25(3)28(26,27)5-2)23-11-9-15-14-24-18-13-16(20)7-8-17(15)18;/h7-8,13-14,24H,4-6,9-12H2,1-3H3,(H2,21,22,23);1H. The molecule has 1 aromatic carbocycles. The summed E-state index contributed by atoms with van der Waals surface area (Å²) in [7, 11) is -1.55. The van der Waals surface area contributed by atoms with E-state index >= 15 is 0 Å². The number of sulfonamides is 1. The lowest BCUT2D eigenvalue weighted by atomic mass is 10.1. The number of halogens is 2. The molecule has 164 valence electrons. The minimum Gasteiger partial charge on any atom is -0.361 e. The van der Waals surface area contributed by atoms with Gasteiger partial charge >= 0.3 is 0 Å². The molecule has 0 aliphatic rings. The second kappa shape index (κ2) is 12.3. The maximum absolute atomic E-state index is 13.3. The van der Waals surface area contributed by atoms with Crippen LogP contribution in [0.5, 0.6) is 0 Å². The molecule has 1 aromatic heterocycles. The number of guanidine groups is 1. The quantitative estimate of drug-likeness (QED) is 0.188. The van der Waals surface area contributed by atoms with Gasteiger partial charge in [-0.3, -0.25) is 4.99 Å². The van der Waals surface area contributed by atoms with E-state index < -0.39 is 10.0 Å². The van der Waals surface area contributed by atoms with Gasteiger partial charge in [-0.25, -0.2) is 17.1 Å². The summed E-state index contributed by atoms with van der Waals surface area (Å²) in [5.74, 6) is 0.560. The molecule has 0 aliphatic carbocycles. The molecule has 0 bridgehead atoms. The zero-order valence-electron chi connectivity index (χ0n) is 17.2. The van der Waals surface area contributed by atoms with E-state index in [1.165, 1.54) is 16.4 Å². The highest BCUT2D eigenvalue weighted by Crippen LogP contribution is 2.19. The molecule has 0 unspecified atom stereocenters. The first kappa shape index (κ1) is 25.6. The fourth-order valence-electron chi connectivity index (χ4n) is 2.87. The van der Waals surface area contributed by atoms with Crippen LogP contribution >= 0.6 is 24.0 Å². The van der Waals surface area contributed by atoms with Crippen LogP contribution in [0.25, 0.3) is 10.9 Å². The fourth-order valence-corrected chi connectivity index (χ4v) is 3.71. The van der Waals surface area contributed by atoms with Crippen LogP contribution in [-0.4, -0.2) is 62.6 Å². The molecule has 0 spiro atoms. The first-order valence-corrected chi connectivity index (χ1v) is 11.2. The summed E-state index contributed by atoms with van der Waals surface area (Å²) < 4.78 is 38.1. The molecule has 3 N–H and O–H groups in total. The highest BCUT2D eigenvalue weighted by Gasteiger charge is 2.13. The topological polar surface area (TPSA) is 89.6 Å². The predicted molar refractivity (Wildman–Crippen MR) is 128 cm³/mol. The fraction of sp³-hybridized carbons (Fsp3) is 0.526. The van der Waals surface area contributed by atoms with E-state index in [-0.39, 0.29) is 35.5 Å². The van der Waals surface area contributed by atoms with E-state index in [1.807, 2.05) is 13.1 Å². The maximum Gasteiger partial charge on any atom is 0.213 e. The van der Waals surface area contributed by atoms with E-state index in [1.54, 1.807) is 20.0 Å². The molecule has 0 fully saturated rings. The van der Waals surface area contributed by atoms with Gasteiger partial charge in [0, 0.05) is 50.3 Å². The molecule has 10 heteroatoms. The number of aromatic nitrogens is 1. The van der Waals surface area contributed by atoms with Crippen molar-refractivity contribution in [2.75, 3.05) is 39.0 Å². The maximum atomic E-state index is 13.3. The number of hydrogen-bond acceptors (Lipinski definition) is 3. The van der Waals surface area contributed by atoms with E-state index in [2.05, 4.69) is 20.6 Å². The van der Waals surface area contributed by atoms with Gasteiger partial charge in [0.2, 0.25) is 10.0 Å². The molecule has 0 atom stereocenters. The van der Waals surface area contributed by atoms with Gasteiger partial charge in [-0.1, -0.05) is 0 Å². The molecular formula is C19H31FIN5O2S. The Bertz CT molecular complexity index is 901. The number of H-pyrrole nitrogens is 1. The second-order valence-corrected chi connectivity index (χ2v) is 8.88. The first-order valence-electron chi connectivity index (χ1n) is 9.59. The SMILES string of the molecule is CCNC(=NCCCN(C)S(=O)(=O)CC)NCCc1c[nH]c2cc(F)ccc12.I. The molecule has 29 heavy (non-hydrogen) atoms. The van der Waals surface area contributed by atoms with Crippen LogP contribution in [0.15, 0.2) is 29.4 Å². The van der Waals surface area contributed by atoms with Crippen LogP contribution in [0.2, 0.25) is 0 Å². The number of rotatable bonds is 10. The summed E-state index contributed by atoms with van der Waals surface area (Å²) in [5, 5.41) is 7.49. The third-order valence-electron chi connectivity index (χ3n) is 4.50. The van der Waals surface area contributed by atoms with Crippen molar-refractivity contribution < 1.29 is 12.8 Å². The minimum absolute atomic E-state index is 0. The second-order valence-electron chi connectivity index (χ2n) is 6.52. The largest absolute Gasteiger partial charge is 0.361 e. The van der Waals surface area contributed by atoms with Crippen LogP contribution < -0.4 is 10.6 Å². The number of aromatic amines is 1. The van der Waals surface area contributed by atoms with Gasteiger partial charge in [-0.2, -0.15) is 0 Å². The van der Waals surface area contributed by atoms with E-state index in [4.69, 9.17) is 0 Å². The van der Waals surface area contributed by atoms with Gasteiger partial charge in [-0.15, -0.1) is 24.0 Å². The monoisotopic (exact) mass is 539 g/mol. The van der Waals surface area contributed by atoms with Crippen LogP contribution in [0.1, 0.15) is 25.8 Å². The normalized spacial score (nSPS) is 12.2. The van der Waals surface area contributed by atoms with Gasteiger partial charge in [0.1, 0.15) is 5.82 Å². The summed E-state index contributed by atoms with van der Waals surface area (Å²) in [6.45, 7) is 6.03. The molecule has 2 rings (SSSR count). The lowest BCUT2D eigenvalue weighted by molar-refractivity contribution is 0.465. The van der Waals surface area contributed by atoms with Crippen LogP contribution in [0, 0.1) is 5.82 Å². The van der Waals surface area contributed by atoms with E-state index in [0.717, 1.165) is 29.4 Å². The molecule has 0 aliphatic heterocycles. The third-order valence-corrected chi connectivity index (χ3v) is 6.36. The highest BCUT2D eigenvalue weighted by molar-refractivity contribution is 14.0. The molecule has 7 nitrogen and oxygen atoms in total. The molecule has 0 saturated carbocycles. The lowest BCUT2D eigenvalue weighted by Crippen LogP contribution is -2.38. The molecule has 0 amide bonds. The first-order chi connectivity index (χ1) is 13.4. The molecule has 1 heterocycles. The Balaban J connectivity index is 0.00000420. The Hall–Kier alpha value is -1.40. The number of benzene rings is 1. The Labute approximate surface area is 189 Å². The third kappa shape index (κ3) is 7.74. The van der Waals surface area contributed by atoms with Crippen molar-refractivity contribution in [1.82, 2.24) is 19.9 Å². The van der Waals surface area contributed by atoms with Gasteiger partial charge in [0.05, 0.1) is 5.75 Å². The number of aliphatic imine (C=N–C) groups is 1. The van der Waals surface area contributed by atoms with Crippen LogP contribution in [0.3, 0.4) is 0 Å². The number of nitrogens with one attached hydrogen (secondary N) is 3. The van der Waals surface area contributed by atoms with Gasteiger partial charge in [0.15, 0.2) is 5.96 Å². The Morgan fingerprint density at radius 2 is 2.03 bits per heavy atom. The minimum atomic E-state index is -3.14. The van der Waals surface area contributed by atoms with Crippen molar-refractivity contribution in [3.8, 4) is 0 Å².